The van der Waals surface area contributed by atoms with Crippen molar-refractivity contribution < 1.29 is 27.8 Å². The first-order valence-electron chi connectivity index (χ1n) is 12.2. The lowest BCUT2D eigenvalue weighted by Crippen LogP contribution is -2.20. The van der Waals surface area contributed by atoms with Crippen molar-refractivity contribution in [3.8, 4) is 17.1 Å². The summed E-state index contributed by atoms with van der Waals surface area (Å²) < 4.78 is 48.8. The fourth-order valence-corrected chi connectivity index (χ4v) is 6.20. The van der Waals surface area contributed by atoms with E-state index in [-0.39, 0.29) is 28.9 Å². The summed E-state index contributed by atoms with van der Waals surface area (Å²) in [6, 6.07) is 21.1. The third-order valence-electron chi connectivity index (χ3n) is 6.13. The minimum atomic E-state index is -4.57. The molecule has 1 heterocycles. The lowest BCUT2D eigenvalue weighted by Gasteiger charge is -2.13. The maximum atomic E-state index is 13.4. The van der Waals surface area contributed by atoms with Crippen LogP contribution in [0.2, 0.25) is 0 Å². The van der Waals surface area contributed by atoms with Crippen LogP contribution in [0.1, 0.15) is 27.0 Å². The summed E-state index contributed by atoms with van der Waals surface area (Å²) in [6.45, 7) is 0.220. The predicted molar refractivity (Wildman–Crippen MR) is 169 cm³/mol. The lowest BCUT2D eigenvalue weighted by atomic mass is 10.1. The Bertz CT molecular complexity index is 1880. The van der Waals surface area contributed by atoms with Crippen LogP contribution in [0.3, 0.4) is 0 Å². The van der Waals surface area contributed by atoms with Gasteiger partial charge in [-0.15, -0.1) is 0 Å². The molecule has 0 fully saturated rings. The van der Waals surface area contributed by atoms with E-state index in [4.69, 9.17) is 9.84 Å². The summed E-state index contributed by atoms with van der Waals surface area (Å²) in [5.74, 6) is -0.420. The molecule has 5 aromatic rings. The molecule has 4 aromatic carbocycles. The molecule has 7 nitrogen and oxygen atoms in total. The average Bonchev–Trinajstić information content (AvgIpc) is 2.96. The van der Waals surface area contributed by atoms with Crippen LogP contribution in [0.5, 0.6) is 5.75 Å². The van der Waals surface area contributed by atoms with E-state index in [0.29, 0.717) is 16.8 Å². The van der Waals surface area contributed by atoms with Gasteiger partial charge < -0.3 is 9.84 Å². The number of rotatable bonds is 7. The Morgan fingerprint density at radius 1 is 0.976 bits per heavy atom. The molecule has 0 aliphatic carbocycles. The van der Waals surface area contributed by atoms with Gasteiger partial charge in [-0.1, -0.05) is 36.4 Å². The number of aromatic nitrogens is 2. The van der Waals surface area contributed by atoms with Crippen LogP contribution in [-0.2, 0) is 12.8 Å². The second kappa shape index (κ2) is 12.2. The first kappa shape index (κ1) is 29.7. The number of carboxylic acid groups (broad SMARTS) is 1. The van der Waals surface area contributed by atoms with E-state index in [1.54, 1.807) is 48.5 Å². The highest BCUT2D eigenvalue weighted by Crippen LogP contribution is 2.32. The van der Waals surface area contributed by atoms with Crippen molar-refractivity contribution in [1.82, 2.24) is 9.66 Å². The standard InChI is InChI=1S/C30H18F3I2N3O4/c31-30(32,33)21-5-3-4-20(14-21)27-37-25-7-2-1-6-22(25)28(39)38(27)36-15-18-12-23(34)26(24(35)13-18)42-16-17-8-10-19(11-9-17)29(40)41/h1-15H,16H2,(H,40,41). The summed E-state index contributed by atoms with van der Waals surface area (Å²) in [4.78, 5) is 29.0. The molecule has 1 aromatic heterocycles. The van der Waals surface area contributed by atoms with Gasteiger partial charge >= 0.3 is 12.1 Å². The third-order valence-corrected chi connectivity index (χ3v) is 7.73. The van der Waals surface area contributed by atoms with Gasteiger partial charge in [-0.25, -0.2) is 9.78 Å². The smallest absolute Gasteiger partial charge is 0.416 e. The van der Waals surface area contributed by atoms with E-state index in [2.05, 4.69) is 55.3 Å². The van der Waals surface area contributed by atoms with Crippen LogP contribution in [0.4, 0.5) is 13.2 Å². The second-order valence-corrected chi connectivity index (χ2v) is 11.3. The molecule has 0 spiro atoms. The van der Waals surface area contributed by atoms with Crippen molar-refractivity contribution in [2.24, 2.45) is 5.10 Å². The number of fused-ring (bicyclic) bond motifs is 1. The van der Waals surface area contributed by atoms with Crippen LogP contribution in [0.15, 0.2) is 94.8 Å². The van der Waals surface area contributed by atoms with E-state index < -0.39 is 23.3 Å². The van der Waals surface area contributed by atoms with Crippen LogP contribution < -0.4 is 10.3 Å². The fourth-order valence-electron chi connectivity index (χ4n) is 4.07. The normalized spacial score (nSPS) is 11.7. The molecule has 212 valence electrons. The number of hydrogen-bond acceptors (Lipinski definition) is 5. The van der Waals surface area contributed by atoms with Crippen LogP contribution in [0.25, 0.3) is 22.3 Å². The molecule has 1 N–H and O–H groups in total. The molecule has 0 atom stereocenters. The maximum absolute atomic E-state index is 13.4. The van der Waals surface area contributed by atoms with Crippen molar-refractivity contribution in [2.75, 3.05) is 0 Å². The topological polar surface area (TPSA) is 93.8 Å². The Balaban J connectivity index is 1.49. The molecule has 42 heavy (non-hydrogen) atoms. The molecular formula is C30H18F3I2N3O4. The molecule has 5 rings (SSSR count). The number of halogens is 5. The van der Waals surface area contributed by atoms with Crippen LogP contribution in [-0.4, -0.2) is 27.0 Å². The van der Waals surface area contributed by atoms with E-state index in [9.17, 15) is 22.8 Å². The Labute approximate surface area is 264 Å². The molecular weight excluding hydrogens is 777 g/mol. The minimum absolute atomic E-state index is 0.0284. The predicted octanol–water partition coefficient (Wildman–Crippen LogP) is 7.45. The SMILES string of the molecule is O=C(O)c1ccc(COc2c(I)cc(C=Nn3c(-c4cccc(C(F)(F)F)c4)nc4ccccc4c3=O)cc2I)cc1. The summed E-state index contributed by atoms with van der Waals surface area (Å²) >= 11 is 4.22. The number of hydrogen-bond donors (Lipinski definition) is 1. The quantitative estimate of drug-likeness (QED) is 0.137. The number of para-hydroxylation sites is 1. The number of carboxylic acids is 1. The summed E-state index contributed by atoms with van der Waals surface area (Å²) in [5.41, 5.74) is 0.639. The second-order valence-electron chi connectivity index (χ2n) is 9.00. The summed E-state index contributed by atoms with van der Waals surface area (Å²) in [7, 11) is 0. The highest BCUT2D eigenvalue weighted by atomic mass is 127. The molecule has 0 aliphatic heterocycles. The Morgan fingerprint density at radius 3 is 2.33 bits per heavy atom. The largest absolute Gasteiger partial charge is 0.487 e. The van der Waals surface area contributed by atoms with Gasteiger partial charge in [0.05, 0.1) is 35.4 Å². The zero-order valence-corrected chi connectivity index (χ0v) is 25.6. The zero-order valence-electron chi connectivity index (χ0n) is 21.3. The van der Waals surface area contributed by atoms with Gasteiger partial charge in [0, 0.05) is 5.56 Å². The van der Waals surface area contributed by atoms with Gasteiger partial charge in [0.1, 0.15) is 12.4 Å². The van der Waals surface area contributed by atoms with E-state index >= 15 is 0 Å². The molecule has 0 aliphatic rings. The van der Waals surface area contributed by atoms with E-state index in [1.807, 2.05) is 0 Å². The molecule has 0 saturated heterocycles. The number of ether oxygens (including phenoxy) is 1. The van der Waals surface area contributed by atoms with Gasteiger partial charge in [-0.3, -0.25) is 4.79 Å². The average molecular weight is 795 g/mol. The number of carbonyl (C=O) groups is 1. The maximum Gasteiger partial charge on any atom is 0.416 e. The summed E-state index contributed by atoms with van der Waals surface area (Å²) in [6.07, 6.45) is -3.13. The van der Waals surface area contributed by atoms with Crippen molar-refractivity contribution in [1.29, 1.82) is 0 Å². The van der Waals surface area contributed by atoms with Crippen molar-refractivity contribution in [3.05, 3.63) is 125 Å². The van der Waals surface area contributed by atoms with Crippen molar-refractivity contribution in [2.45, 2.75) is 12.8 Å². The molecule has 0 bridgehead atoms. The first-order valence-corrected chi connectivity index (χ1v) is 14.3. The zero-order chi connectivity index (χ0) is 30.0. The molecule has 0 radical (unpaired) electrons. The monoisotopic (exact) mass is 795 g/mol. The Kier molecular flexibility index (Phi) is 8.63. The lowest BCUT2D eigenvalue weighted by molar-refractivity contribution is -0.137. The van der Waals surface area contributed by atoms with Gasteiger partial charge in [0.15, 0.2) is 5.82 Å². The molecule has 0 saturated carbocycles. The van der Waals surface area contributed by atoms with Crippen molar-refractivity contribution in [3.63, 3.8) is 0 Å². The number of nitrogens with zero attached hydrogens (tertiary/aromatic N) is 3. The van der Waals surface area contributed by atoms with Crippen LogP contribution >= 0.6 is 45.2 Å². The first-order chi connectivity index (χ1) is 20.0. The van der Waals surface area contributed by atoms with Gasteiger partial charge in [-0.05, 0) is 105 Å². The Morgan fingerprint density at radius 2 is 1.67 bits per heavy atom. The van der Waals surface area contributed by atoms with E-state index in [1.165, 1.54) is 30.5 Å². The summed E-state index contributed by atoms with van der Waals surface area (Å²) in [5, 5.41) is 13.7. The highest BCUT2D eigenvalue weighted by Gasteiger charge is 2.31. The fraction of sp³-hybridized carbons (Fsp3) is 0.0667. The number of benzene rings is 4. The highest BCUT2D eigenvalue weighted by molar-refractivity contribution is 14.1. The van der Waals surface area contributed by atoms with Gasteiger partial charge in [0.25, 0.3) is 5.56 Å². The van der Waals surface area contributed by atoms with E-state index in [0.717, 1.165) is 29.5 Å². The Hall–Kier alpha value is -3.79. The molecule has 12 heteroatoms. The number of aromatic carboxylic acids is 1. The number of alkyl halides is 3. The van der Waals surface area contributed by atoms with Gasteiger partial charge in [0.2, 0.25) is 0 Å². The minimum Gasteiger partial charge on any atom is -0.487 e. The third kappa shape index (κ3) is 6.48. The molecule has 0 unspecified atom stereocenters. The van der Waals surface area contributed by atoms with Crippen LogP contribution in [0, 0.1) is 7.14 Å². The molecule has 0 amide bonds. The van der Waals surface area contributed by atoms with Crippen molar-refractivity contribution >= 4 is 68.3 Å². The van der Waals surface area contributed by atoms with Gasteiger partial charge in [-0.2, -0.15) is 22.9 Å².